The summed E-state index contributed by atoms with van der Waals surface area (Å²) in [5, 5.41) is 8.06. The zero-order valence-electron chi connectivity index (χ0n) is 13.6. The maximum atomic E-state index is 12.6. The molecule has 25 heavy (non-hydrogen) atoms. The summed E-state index contributed by atoms with van der Waals surface area (Å²) in [6.07, 6.45) is 5.10. The van der Waals surface area contributed by atoms with Gasteiger partial charge in [-0.1, -0.05) is 23.0 Å². The van der Waals surface area contributed by atoms with E-state index in [2.05, 4.69) is 31.6 Å². The number of hydrogen-bond donors (Lipinski definition) is 0. The number of nitrogens with zero attached hydrogens (tertiary/aromatic N) is 6. The van der Waals surface area contributed by atoms with E-state index in [0.29, 0.717) is 29.7 Å². The standard InChI is InChI=1S/C16H16N6O2S/c1-2-4-12-13(25-21-19-12)16(23)22-8-11(9-22)15-18-14(20-24-15)10-5-3-6-17-7-10/h3,5-7,11H,2,4,8-9H2,1H3. The molecule has 0 atom stereocenters. The minimum atomic E-state index is -0.0123. The molecule has 3 aromatic heterocycles. The molecular formula is C16H16N6O2S. The van der Waals surface area contributed by atoms with Crippen LogP contribution in [0.15, 0.2) is 29.0 Å². The van der Waals surface area contributed by atoms with Gasteiger partial charge >= 0.3 is 0 Å². The summed E-state index contributed by atoms with van der Waals surface area (Å²) in [7, 11) is 0. The van der Waals surface area contributed by atoms with Crippen molar-refractivity contribution in [2.24, 2.45) is 0 Å². The van der Waals surface area contributed by atoms with Crippen molar-refractivity contribution in [2.45, 2.75) is 25.7 Å². The Kier molecular flexibility index (Phi) is 4.22. The van der Waals surface area contributed by atoms with Crippen LogP contribution in [0.1, 0.15) is 40.5 Å². The quantitative estimate of drug-likeness (QED) is 0.691. The molecule has 1 aliphatic rings. The van der Waals surface area contributed by atoms with Crippen LogP contribution in [0.25, 0.3) is 11.4 Å². The van der Waals surface area contributed by atoms with Crippen LogP contribution in [0.4, 0.5) is 0 Å². The lowest BCUT2D eigenvalue weighted by atomic mass is 9.99. The van der Waals surface area contributed by atoms with Gasteiger partial charge in [-0.3, -0.25) is 9.78 Å². The van der Waals surface area contributed by atoms with Crippen molar-refractivity contribution < 1.29 is 9.32 Å². The number of aromatic nitrogens is 5. The Labute approximate surface area is 148 Å². The van der Waals surface area contributed by atoms with E-state index in [1.165, 1.54) is 0 Å². The number of carbonyl (C=O) groups is 1. The van der Waals surface area contributed by atoms with Crippen molar-refractivity contribution >= 4 is 17.4 Å². The van der Waals surface area contributed by atoms with Gasteiger partial charge in [0.2, 0.25) is 11.7 Å². The number of carbonyl (C=O) groups excluding carboxylic acids is 1. The molecular weight excluding hydrogens is 340 g/mol. The summed E-state index contributed by atoms with van der Waals surface area (Å²) in [5.41, 5.74) is 1.60. The molecule has 1 fully saturated rings. The zero-order chi connectivity index (χ0) is 17.2. The number of amides is 1. The van der Waals surface area contributed by atoms with Gasteiger partial charge in [0.1, 0.15) is 4.88 Å². The minimum Gasteiger partial charge on any atom is -0.339 e. The topological polar surface area (TPSA) is 97.9 Å². The van der Waals surface area contributed by atoms with Gasteiger partial charge < -0.3 is 9.42 Å². The Morgan fingerprint density at radius 1 is 1.44 bits per heavy atom. The smallest absolute Gasteiger partial charge is 0.267 e. The summed E-state index contributed by atoms with van der Waals surface area (Å²) in [6, 6.07) is 3.70. The van der Waals surface area contributed by atoms with E-state index in [4.69, 9.17) is 4.52 Å². The van der Waals surface area contributed by atoms with Crippen LogP contribution in [0.2, 0.25) is 0 Å². The van der Waals surface area contributed by atoms with E-state index in [1.807, 2.05) is 12.1 Å². The van der Waals surface area contributed by atoms with Gasteiger partial charge in [0.15, 0.2) is 0 Å². The SMILES string of the molecule is CCCc1nnsc1C(=O)N1CC(c2nc(-c3cccnc3)no2)C1. The molecule has 3 aromatic rings. The Bertz CT molecular complexity index is 872. The van der Waals surface area contributed by atoms with E-state index < -0.39 is 0 Å². The first-order chi connectivity index (χ1) is 12.3. The van der Waals surface area contributed by atoms with E-state index in [1.54, 1.807) is 17.3 Å². The number of rotatable bonds is 5. The molecule has 0 bridgehead atoms. The number of aryl methyl sites for hydroxylation is 1. The highest BCUT2D eigenvalue weighted by molar-refractivity contribution is 7.08. The summed E-state index contributed by atoms with van der Waals surface area (Å²) in [5.74, 6) is 1.13. The fourth-order valence-electron chi connectivity index (χ4n) is 2.73. The second kappa shape index (κ2) is 6.67. The van der Waals surface area contributed by atoms with Gasteiger partial charge in [0.25, 0.3) is 5.91 Å². The van der Waals surface area contributed by atoms with Gasteiger partial charge in [0, 0.05) is 31.0 Å². The Morgan fingerprint density at radius 2 is 2.32 bits per heavy atom. The van der Waals surface area contributed by atoms with Crippen molar-refractivity contribution in [3.05, 3.63) is 41.0 Å². The second-order valence-corrected chi connectivity index (χ2v) is 6.66. The Hall–Kier alpha value is -2.68. The molecule has 1 amide bonds. The summed E-state index contributed by atoms with van der Waals surface area (Å²) in [4.78, 5) is 23.5. The summed E-state index contributed by atoms with van der Waals surface area (Å²) in [6.45, 7) is 3.19. The second-order valence-electron chi connectivity index (χ2n) is 5.90. The van der Waals surface area contributed by atoms with Gasteiger partial charge in [0.05, 0.1) is 11.6 Å². The molecule has 0 radical (unpaired) electrons. The van der Waals surface area contributed by atoms with Gasteiger partial charge in [-0.05, 0) is 30.1 Å². The van der Waals surface area contributed by atoms with Crippen LogP contribution >= 0.6 is 11.5 Å². The van der Waals surface area contributed by atoms with Crippen molar-refractivity contribution in [3.8, 4) is 11.4 Å². The third-order valence-corrected chi connectivity index (χ3v) is 4.87. The van der Waals surface area contributed by atoms with Crippen LogP contribution < -0.4 is 0 Å². The Morgan fingerprint density at radius 3 is 3.08 bits per heavy atom. The number of hydrogen-bond acceptors (Lipinski definition) is 8. The number of pyridine rings is 1. The predicted molar refractivity (Wildman–Crippen MR) is 90.1 cm³/mol. The average molecular weight is 356 g/mol. The zero-order valence-corrected chi connectivity index (χ0v) is 14.4. The Balaban J connectivity index is 1.41. The summed E-state index contributed by atoms with van der Waals surface area (Å²) < 4.78 is 9.27. The highest BCUT2D eigenvalue weighted by atomic mass is 32.1. The summed E-state index contributed by atoms with van der Waals surface area (Å²) >= 11 is 1.16. The van der Waals surface area contributed by atoms with Crippen LogP contribution in [0, 0.1) is 0 Å². The van der Waals surface area contributed by atoms with Crippen LogP contribution in [0.3, 0.4) is 0 Å². The van der Waals surface area contributed by atoms with Crippen LogP contribution in [-0.2, 0) is 6.42 Å². The first-order valence-electron chi connectivity index (χ1n) is 8.10. The third-order valence-electron chi connectivity index (χ3n) is 4.12. The van der Waals surface area contributed by atoms with Crippen molar-refractivity contribution in [2.75, 3.05) is 13.1 Å². The number of likely N-dealkylation sites (tertiary alicyclic amines) is 1. The lowest BCUT2D eigenvalue weighted by molar-refractivity contribution is 0.0573. The van der Waals surface area contributed by atoms with E-state index in [9.17, 15) is 4.79 Å². The van der Waals surface area contributed by atoms with Crippen LogP contribution in [-0.4, -0.2) is 48.6 Å². The van der Waals surface area contributed by atoms with Crippen molar-refractivity contribution in [1.82, 2.24) is 29.6 Å². The van der Waals surface area contributed by atoms with Crippen LogP contribution in [0.5, 0.6) is 0 Å². The first kappa shape index (κ1) is 15.8. The fourth-order valence-corrected chi connectivity index (χ4v) is 3.41. The first-order valence-corrected chi connectivity index (χ1v) is 8.88. The molecule has 8 nitrogen and oxygen atoms in total. The maximum absolute atomic E-state index is 12.6. The average Bonchev–Trinajstić information content (AvgIpc) is 3.24. The molecule has 128 valence electrons. The lowest BCUT2D eigenvalue weighted by Crippen LogP contribution is -2.48. The third kappa shape index (κ3) is 3.02. The lowest BCUT2D eigenvalue weighted by Gasteiger charge is -2.36. The fraction of sp³-hybridized carbons (Fsp3) is 0.375. The molecule has 1 saturated heterocycles. The molecule has 0 spiro atoms. The molecule has 0 N–H and O–H groups in total. The minimum absolute atomic E-state index is 0.0123. The van der Waals surface area contributed by atoms with Crippen molar-refractivity contribution in [3.63, 3.8) is 0 Å². The largest absolute Gasteiger partial charge is 0.339 e. The highest BCUT2D eigenvalue weighted by Gasteiger charge is 2.37. The normalized spacial score (nSPS) is 14.5. The maximum Gasteiger partial charge on any atom is 0.267 e. The van der Waals surface area contributed by atoms with Gasteiger partial charge in [-0.15, -0.1) is 5.10 Å². The predicted octanol–water partition coefficient (Wildman–Crippen LogP) is 2.18. The van der Waals surface area contributed by atoms with E-state index in [0.717, 1.165) is 35.6 Å². The van der Waals surface area contributed by atoms with Gasteiger partial charge in [-0.2, -0.15) is 4.98 Å². The molecule has 1 aliphatic heterocycles. The van der Waals surface area contributed by atoms with E-state index in [-0.39, 0.29) is 11.8 Å². The van der Waals surface area contributed by atoms with Gasteiger partial charge in [-0.25, -0.2) is 0 Å². The molecule has 0 aromatic carbocycles. The van der Waals surface area contributed by atoms with E-state index >= 15 is 0 Å². The molecule has 0 saturated carbocycles. The highest BCUT2D eigenvalue weighted by Crippen LogP contribution is 2.29. The molecule has 0 unspecified atom stereocenters. The molecule has 4 rings (SSSR count). The molecule has 0 aliphatic carbocycles. The van der Waals surface area contributed by atoms with Crippen molar-refractivity contribution in [1.29, 1.82) is 0 Å². The molecule has 9 heteroatoms. The monoisotopic (exact) mass is 356 g/mol. The molecule has 4 heterocycles.